The van der Waals surface area contributed by atoms with Gasteiger partial charge in [0.1, 0.15) is 0 Å². The number of guanidine groups is 1. The van der Waals surface area contributed by atoms with Crippen molar-refractivity contribution in [2.45, 2.75) is 37.4 Å². The standard InChI is InChI=1S/C22H33N3OS/c1-3-23-21(24-18-22(27-2)11-15-26-16-12-22)25-13-9-20(10-14-25)17-19-7-5-4-6-8-19/h4-8,17H,3,9-16,18H2,1-2H3,(H,23,24). The number of ether oxygens (including phenoxy) is 1. The van der Waals surface area contributed by atoms with Crippen molar-refractivity contribution in [1.82, 2.24) is 10.2 Å². The van der Waals surface area contributed by atoms with Crippen LogP contribution in [0.2, 0.25) is 0 Å². The highest BCUT2D eigenvalue weighted by Crippen LogP contribution is 2.34. The highest BCUT2D eigenvalue weighted by Gasteiger charge is 2.32. The van der Waals surface area contributed by atoms with Crippen molar-refractivity contribution in [3.8, 4) is 0 Å². The summed E-state index contributed by atoms with van der Waals surface area (Å²) in [5.41, 5.74) is 2.85. The van der Waals surface area contributed by atoms with E-state index in [9.17, 15) is 0 Å². The number of nitrogens with one attached hydrogen (secondary N) is 1. The predicted molar refractivity (Wildman–Crippen MR) is 118 cm³/mol. The number of thioether (sulfide) groups is 1. The van der Waals surface area contributed by atoms with Crippen LogP contribution in [0.3, 0.4) is 0 Å². The van der Waals surface area contributed by atoms with Crippen LogP contribution in [0.4, 0.5) is 0 Å². The van der Waals surface area contributed by atoms with Gasteiger partial charge >= 0.3 is 0 Å². The molecule has 2 aliphatic rings. The van der Waals surface area contributed by atoms with Crippen molar-refractivity contribution in [2.75, 3.05) is 45.6 Å². The van der Waals surface area contributed by atoms with Crippen molar-refractivity contribution in [3.05, 3.63) is 41.5 Å². The van der Waals surface area contributed by atoms with Gasteiger partial charge in [0.05, 0.1) is 6.54 Å². The molecule has 1 aromatic rings. The van der Waals surface area contributed by atoms with Gasteiger partial charge in [-0.3, -0.25) is 4.99 Å². The first kappa shape index (κ1) is 20.3. The van der Waals surface area contributed by atoms with Gasteiger partial charge in [-0.05, 0) is 44.4 Å². The Kier molecular flexibility index (Phi) is 7.65. The summed E-state index contributed by atoms with van der Waals surface area (Å²) in [5.74, 6) is 1.08. The SMILES string of the molecule is CCNC(=NCC1(SC)CCOCC1)N1CCC(=Cc2ccccc2)CC1. The van der Waals surface area contributed by atoms with Gasteiger partial charge in [-0.15, -0.1) is 0 Å². The van der Waals surface area contributed by atoms with Gasteiger partial charge < -0.3 is 15.0 Å². The number of benzene rings is 1. The molecule has 0 aromatic heterocycles. The average molecular weight is 388 g/mol. The highest BCUT2D eigenvalue weighted by atomic mass is 32.2. The van der Waals surface area contributed by atoms with Gasteiger partial charge in [-0.25, -0.2) is 0 Å². The summed E-state index contributed by atoms with van der Waals surface area (Å²) in [7, 11) is 0. The fraction of sp³-hybridized carbons (Fsp3) is 0.591. The summed E-state index contributed by atoms with van der Waals surface area (Å²) >= 11 is 1.96. The molecule has 0 aliphatic carbocycles. The molecule has 5 heteroatoms. The maximum atomic E-state index is 5.56. The monoisotopic (exact) mass is 387 g/mol. The van der Waals surface area contributed by atoms with E-state index in [1.54, 1.807) is 5.57 Å². The lowest BCUT2D eigenvalue weighted by molar-refractivity contribution is 0.0793. The van der Waals surface area contributed by atoms with E-state index in [1.165, 1.54) is 5.56 Å². The molecule has 0 radical (unpaired) electrons. The summed E-state index contributed by atoms with van der Waals surface area (Å²) in [6.45, 7) is 7.76. The molecule has 0 bridgehead atoms. The molecule has 1 N–H and O–H groups in total. The van der Waals surface area contributed by atoms with Gasteiger partial charge in [-0.1, -0.05) is 42.0 Å². The molecule has 0 amide bonds. The zero-order chi connectivity index (χ0) is 19.0. The summed E-state index contributed by atoms with van der Waals surface area (Å²) in [6, 6.07) is 10.6. The lowest BCUT2D eigenvalue weighted by atomic mass is 9.99. The average Bonchev–Trinajstić information content (AvgIpc) is 2.73. The fourth-order valence-corrected chi connectivity index (χ4v) is 4.52. The minimum Gasteiger partial charge on any atom is -0.381 e. The Hall–Kier alpha value is -1.46. The normalized spacial score (nSPS) is 20.4. The van der Waals surface area contributed by atoms with E-state index >= 15 is 0 Å². The summed E-state index contributed by atoms with van der Waals surface area (Å²) in [4.78, 5) is 7.48. The Balaban J connectivity index is 1.61. The molecular formula is C22H33N3OS. The zero-order valence-electron chi connectivity index (χ0n) is 16.7. The van der Waals surface area contributed by atoms with Gasteiger partial charge in [0, 0.05) is 37.6 Å². The van der Waals surface area contributed by atoms with Gasteiger partial charge in [-0.2, -0.15) is 11.8 Å². The number of piperidine rings is 1. The maximum absolute atomic E-state index is 5.56. The number of rotatable bonds is 5. The van der Waals surface area contributed by atoms with Crippen molar-refractivity contribution in [3.63, 3.8) is 0 Å². The third-order valence-corrected chi connectivity index (χ3v) is 6.97. The molecule has 2 heterocycles. The second-order valence-electron chi connectivity index (χ2n) is 7.37. The topological polar surface area (TPSA) is 36.9 Å². The van der Waals surface area contributed by atoms with E-state index in [1.807, 2.05) is 11.8 Å². The van der Waals surface area contributed by atoms with Crippen LogP contribution in [0.5, 0.6) is 0 Å². The maximum Gasteiger partial charge on any atom is 0.193 e. The van der Waals surface area contributed by atoms with Crippen LogP contribution in [0.15, 0.2) is 40.9 Å². The molecular weight excluding hydrogens is 354 g/mol. The Morgan fingerprint density at radius 1 is 1.22 bits per heavy atom. The van der Waals surface area contributed by atoms with Gasteiger partial charge in [0.25, 0.3) is 0 Å². The van der Waals surface area contributed by atoms with E-state index in [0.717, 1.165) is 71.0 Å². The second-order valence-corrected chi connectivity index (χ2v) is 8.64. The van der Waals surface area contributed by atoms with Crippen LogP contribution in [-0.4, -0.2) is 61.3 Å². The number of hydrogen-bond acceptors (Lipinski definition) is 3. The highest BCUT2D eigenvalue weighted by molar-refractivity contribution is 8.00. The molecule has 3 rings (SSSR count). The molecule has 27 heavy (non-hydrogen) atoms. The lowest BCUT2D eigenvalue weighted by Gasteiger charge is -2.36. The molecule has 4 nitrogen and oxygen atoms in total. The molecule has 0 unspecified atom stereocenters. The number of hydrogen-bond donors (Lipinski definition) is 1. The Labute approximate surface area is 168 Å². The van der Waals surface area contributed by atoms with Crippen molar-refractivity contribution in [1.29, 1.82) is 0 Å². The van der Waals surface area contributed by atoms with Gasteiger partial charge in [0.15, 0.2) is 5.96 Å². The predicted octanol–water partition coefficient (Wildman–Crippen LogP) is 4.04. The number of nitrogens with zero attached hydrogens (tertiary/aromatic N) is 2. The summed E-state index contributed by atoms with van der Waals surface area (Å²) in [5, 5.41) is 3.51. The van der Waals surface area contributed by atoms with E-state index in [0.29, 0.717) is 0 Å². The zero-order valence-corrected chi connectivity index (χ0v) is 17.6. The van der Waals surface area contributed by atoms with E-state index in [-0.39, 0.29) is 4.75 Å². The quantitative estimate of drug-likeness (QED) is 0.611. The molecule has 2 fully saturated rings. The molecule has 0 spiro atoms. The first-order valence-corrected chi connectivity index (χ1v) is 11.4. The summed E-state index contributed by atoms with van der Waals surface area (Å²) < 4.78 is 5.81. The lowest BCUT2D eigenvalue weighted by Crippen LogP contribution is -2.45. The minimum atomic E-state index is 0.243. The molecule has 148 valence electrons. The second kappa shape index (κ2) is 10.2. The Bertz CT molecular complexity index is 628. The van der Waals surface area contributed by atoms with E-state index < -0.39 is 0 Å². The first-order valence-electron chi connectivity index (χ1n) is 10.2. The van der Waals surface area contributed by atoms with Crippen LogP contribution in [0.25, 0.3) is 6.08 Å². The van der Waals surface area contributed by atoms with Crippen LogP contribution < -0.4 is 5.32 Å². The third kappa shape index (κ3) is 5.76. The largest absolute Gasteiger partial charge is 0.381 e. The Morgan fingerprint density at radius 2 is 1.93 bits per heavy atom. The smallest absolute Gasteiger partial charge is 0.193 e. The van der Waals surface area contributed by atoms with Crippen molar-refractivity contribution >= 4 is 23.8 Å². The Morgan fingerprint density at radius 3 is 2.56 bits per heavy atom. The van der Waals surface area contributed by atoms with Crippen LogP contribution in [0, 0.1) is 0 Å². The number of aliphatic imine (C=N–C) groups is 1. The minimum absolute atomic E-state index is 0.243. The van der Waals surface area contributed by atoms with E-state index in [2.05, 4.69) is 59.8 Å². The molecule has 0 saturated carbocycles. The molecule has 1 aromatic carbocycles. The van der Waals surface area contributed by atoms with E-state index in [4.69, 9.17) is 9.73 Å². The van der Waals surface area contributed by atoms with Gasteiger partial charge in [0.2, 0.25) is 0 Å². The van der Waals surface area contributed by atoms with Crippen molar-refractivity contribution < 1.29 is 4.74 Å². The van der Waals surface area contributed by atoms with Crippen LogP contribution in [0.1, 0.15) is 38.2 Å². The van der Waals surface area contributed by atoms with Crippen LogP contribution in [-0.2, 0) is 4.74 Å². The fourth-order valence-electron chi connectivity index (χ4n) is 3.75. The number of likely N-dealkylation sites (tertiary alicyclic amines) is 1. The molecule has 0 atom stereocenters. The first-order chi connectivity index (χ1) is 13.2. The molecule has 2 saturated heterocycles. The summed E-state index contributed by atoms with van der Waals surface area (Å²) in [6.07, 6.45) is 8.99. The van der Waals surface area contributed by atoms with Crippen LogP contribution >= 0.6 is 11.8 Å². The third-order valence-electron chi connectivity index (χ3n) is 5.56. The molecule has 2 aliphatic heterocycles. The van der Waals surface area contributed by atoms with Crippen molar-refractivity contribution in [2.24, 2.45) is 4.99 Å².